The molecule has 26 heavy (non-hydrogen) atoms. The zero-order valence-corrected chi connectivity index (χ0v) is 14.0. The van der Waals surface area contributed by atoms with Crippen LogP contribution < -0.4 is 0 Å². The van der Waals surface area contributed by atoms with Gasteiger partial charge in [-0.1, -0.05) is 48.5 Å². The fourth-order valence-corrected chi connectivity index (χ4v) is 2.95. The number of hydrogen-bond donors (Lipinski definition) is 0. The number of para-hydroxylation sites is 1. The van der Waals surface area contributed by atoms with Crippen LogP contribution in [0.1, 0.15) is 12.0 Å². The van der Waals surface area contributed by atoms with Gasteiger partial charge >= 0.3 is 0 Å². The van der Waals surface area contributed by atoms with Crippen molar-refractivity contribution >= 4 is 17.1 Å². The van der Waals surface area contributed by atoms with E-state index in [0.29, 0.717) is 18.8 Å². The summed E-state index contributed by atoms with van der Waals surface area (Å²) in [6.45, 7) is 0.659. The molecule has 2 aromatic heterocycles. The minimum absolute atomic E-state index is 0.471. The zero-order chi connectivity index (χ0) is 17.8. The third-order valence-electron chi connectivity index (χ3n) is 4.17. The van der Waals surface area contributed by atoms with E-state index >= 15 is 0 Å². The summed E-state index contributed by atoms with van der Waals surface area (Å²) in [4.78, 5) is 0. The lowest BCUT2D eigenvalue weighted by Gasteiger charge is -2.00. The van der Waals surface area contributed by atoms with Gasteiger partial charge in [-0.15, -0.1) is 10.2 Å². The molecule has 2 heterocycles. The Morgan fingerprint density at radius 2 is 1.88 bits per heavy atom. The number of hydrogen-bond acceptors (Lipinski definition) is 4. The summed E-state index contributed by atoms with van der Waals surface area (Å²) >= 11 is 0. The van der Waals surface area contributed by atoms with Gasteiger partial charge < -0.3 is 4.57 Å². The predicted molar refractivity (Wildman–Crippen MR) is 101 cm³/mol. The zero-order valence-electron chi connectivity index (χ0n) is 14.0. The van der Waals surface area contributed by atoms with Crippen molar-refractivity contribution in [3.05, 3.63) is 72.7 Å². The molecular formula is C20H16N6. The van der Waals surface area contributed by atoms with Gasteiger partial charge in [0.15, 0.2) is 5.82 Å². The van der Waals surface area contributed by atoms with E-state index in [-0.39, 0.29) is 0 Å². The molecule has 2 aromatic carbocycles. The third kappa shape index (κ3) is 2.98. The van der Waals surface area contributed by atoms with E-state index in [4.69, 9.17) is 5.26 Å². The van der Waals surface area contributed by atoms with Gasteiger partial charge in [0.05, 0.1) is 18.7 Å². The second kappa shape index (κ2) is 7.03. The van der Waals surface area contributed by atoms with Crippen molar-refractivity contribution in [3.8, 4) is 17.5 Å². The van der Waals surface area contributed by atoms with Crippen molar-refractivity contribution in [2.75, 3.05) is 0 Å². The van der Waals surface area contributed by atoms with E-state index < -0.39 is 0 Å². The lowest BCUT2D eigenvalue weighted by Crippen LogP contribution is -1.95. The lowest BCUT2D eigenvalue weighted by atomic mass is 10.2. The van der Waals surface area contributed by atoms with E-state index in [0.717, 1.165) is 22.0 Å². The summed E-state index contributed by atoms with van der Waals surface area (Å²) < 4.78 is 3.75. The van der Waals surface area contributed by atoms with E-state index in [9.17, 15) is 0 Å². The van der Waals surface area contributed by atoms with Crippen LogP contribution in [0.3, 0.4) is 0 Å². The molecule has 126 valence electrons. The fourth-order valence-electron chi connectivity index (χ4n) is 2.95. The van der Waals surface area contributed by atoms with Crippen LogP contribution >= 0.6 is 0 Å². The Morgan fingerprint density at radius 3 is 2.73 bits per heavy atom. The molecule has 0 fully saturated rings. The van der Waals surface area contributed by atoms with Crippen LogP contribution in [-0.2, 0) is 6.54 Å². The SMILES string of the molecule is N#CCCn1cc(/C=N\n2cnnc2-c2ccccc2)c2ccccc21. The Bertz CT molecular complexity index is 1100. The summed E-state index contributed by atoms with van der Waals surface area (Å²) in [5, 5.41) is 22.7. The molecule has 6 nitrogen and oxygen atoms in total. The van der Waals surface area contributed by atoms with Crippen LogP contribution in [0.4, 0.5) is 0 Å². The highest BCUT2D eigenvalue weighted by atomic mass is 15.4. The number of fused-ring (bicyclic) bond motifs is 1. The van der Waals surface area contributed by atoms with Gasteiger partial charge in [-0.2, -0.15) is 15.0 Å². The molecule has 0 aliphatic rings. The molecule has 0 aliphatic heterocycles. The third-order valence-corrected chi connectivity index (χ3v) is 4.17. The summed E-state index contributed by atoms with van der Waals surface area (Å²) in [6, 6.07) is 20.1. The molecule has 0 spiro atoms. The second-order valence-corrected chi connectivity index (χ2v) is 5.81. The van der Waals surface area contributed by atoms with Crippen LogP contribution in [0, 0.1) is 11.3 Å². The Morgan fingerprint density at radius 1 is 1.08 bits per heavy atom. The van der Waals surface area contributed by atoms with Crippen LogP contribution in [-0.4, -0.2) is 25.7 Å². The van der Waals surface area contributed by atoms with Crippen LogP contribution in [0.5, 0.6) is 0 Å². The summed E-state index contributed by atoms with van der Waals surface area (Å²) in [5.41, 5.74) is 3.04. The lowest BCUT2D eigenvalue weighted by molar-refractivity contribution is 0.744. The molecule has 6 heteroatoms. The van der Waals surface area contributed by atoms with E-state index in [1.165, 1.54) is 0 Å². The molecule has 4 rings (SSSR count). The Hall–Kier alpha value is -3.72. The number of benzene rings is 2. The molecule has 0 saturated carbocycles. The van der Waals surface area contributed by atoms with Gasteiger partial charge in [-0.3, -0.25) is 0 Å². The Kier molecular flexibility index (Phi) is 4.27. The first-order valence-corrected chi connectivity index (χ1v) is 8.31. The number of aromatic nitrogens is 4. The first kappa shape index (κ1) is 15.8. The topological polar surface area (TPSA) is 71.8 Å². The first-order valence-electron chi connectivity index (χ1n) is 8.31. The monoisotopic (exact) mass is 340 g/mol. The first-order chi connectivity index (χ1) is 12.9. The Labute approximate surface area is 150 Å². The van der Waals surface area contributed by atoms with Crippen molar-refractivity contribution in [1.29, 1.82) is 5.26 Å². The highest BCUT2D eigenvalue weighted by Gasteiger charge is 2.08. The molecule has 0 amide bonds. The number of nitriles is 1. The minimum atomic E-state index is 0.471. The van der Waals surface area contributed by atoms with Gasteiger partial charge in [0.25, 0.3) is 0 Å². The largest absolute Gasteiger partial charge is 0.346 e. The fraction of sp³-hybridized carbons (Fsp3) is 0.100. The van der Waals surface area contributed by atoms with E-state index in [2.05, 4.69) is 38.1 Å². The average Bonchev–Trinajstić information content (AvgIpc) is 3.30. The maximum absolute atomic E-state index is 8.87. The molecule has 0 N–H and O–H groups in total. The van der Waals surface area contributed by atoms with Crippen LogP contribution in [0.15, 0.2) is 72.2 Å². The molecule has 0 aliphatic carbocycles. The molecule has 0 unspecified atom stereocenters. The maximum atomic E-state index is 8.87. The minimum Gasteiger partial charge on any atom is -0.346 e. The number of rotatable bonds is 5. The van der Waals surface area contributed by atoms with Crippen molar-refractivity contribution in [1.82, 2.24) is 19.4 Å². The van der Waals surface area contributed by atoms with Gasteiger partial charge in [0.1, 0.15) is 6.33 Å². The van der Waals surface area contributed by atoms with E-state index in [1.54, 1.807) is 17.2 Å². The van der Waals surface area contributed by atoms with Gasteiger partial charge in [-0.05, 0) is 6.07 Å². The average molecular weight is 340 g/mol. The van der Waals surface area contributed by atoms with Crippen LogP contribution in [0.25, 0.3) is 22.3 Å². The summed E-state index contributed by atoms with van der Waals surface area (Å²) in [5.74, 6) is 0.690. The number of nitrogens with zero attached hydrogens (tertiary/aromatic N) is 6. The summed E-state index contributed by atoms with van der Waals surface area (Å²) in [6.07, 6.45) is 5.89. The van der Waals surface area contributed by atoms with Crippen molar-refractivity contribution < 1.29 is 0 Å². The molecular weight excluding hydrogens is 324 g/mol. The smallest absolute Gasteiger partial charge is 0.184 e. The van der Waals surface area contributed by atoms with Gasteiger partial charge in [0, 0.05) is 34.8 Å². The van der Waals surface area contributed by atoms with E-state index in [1.807, 2.05) is 48.7 Å². The highest BCUT2D eigenvalue weighted by molar-refractivity contribution is 5.99. The standard InChI is InChI=1S/C20H16N6/c21-11-6-12-25-14-17(18-9-4-5-10-19(18)25)13-23-26-15-22-24-20(26)16-7-2-1-3-8-16/h1-5,7-10,13-15H,6,12H2/b23-13-. The molecule has 0 atom stereocenters. The quantitative estimate of drug-likeness (QED) is 0.520. The normalized spacial score (nSPS) is 11.2. The van der Waals surface area contributed by atoms with Crippen LogP contribution in [0.2, 0.25) is 0 Å². The van der Waals surface area contributed by atoms with Gasteiger partial charge in [0.2, 0.25) is 0 Å². The highest BCUT2D eigenvalue weighted by Crippen LogP contribution is 2.21. The van der Waals surface area contributed by atoms with Crippen molar-refractivity contribution in [3.63, 3.8) is 0 Å². The molecule has 4 aromatic rings. The summed E-state index contributed by atoms with van der Waals surface area (Å²) in [7, 11) is 0. The van der Waals surface area contributed by atoms with Crippen molar-refractivity contribution in [2.45, 2.75) is 13.0 Å². The maximum Gasteiger partial charge on any atom is 0.184 e. The number of aryl methyl sites for hydroxylation is 1. The second-order valence-electron chi connectivity index (χ2n) is 5.81. The molecule has 0 bridgehead atoms. The Balaban J connectivity index is 1.71. The molecule has 0 saturated heterocycles. The van der Waals surface area contributed by atoms with Crippen molar-refractivity contribution in [2.24, 2.45) is 5.10 Å². The van der Waals surface area contributed by atoms with Gasteiger partial charge in [-0.25, -0.2) is 0 Å². The predicted octanol–water partition coefficient (Wildman–Crippen LogP) is 3.70. The molecule has 0 radical (unpaired) electrons.